The highest BCUT2D eigenvalue weighted by molar-refractivity contribution is 6.42. The number of carbonyl (C=O) groups excluding carboxylic acids is 1. The predicted octanol–water partition coefficient (Wildman–Crippen LogP) is 2.44. The van der Waals surface area contributed by atoms with Crippen LogP contribution in [0.1, 0.15) is 16.8 Å². The molecular weight excluding hydrogens is 287 g/mol. The molecule has 0 spiro atoms. The molecule has 0 aliphatic carbocycles. The number of nitrogens with zero attached hydrogens (tertiary/aromatic N) is 1. The van der Waals surface area contributed by atoms with Gasteiger partial charge in [-0.3, -0.25) is 4.79 Å². The number of halogens is 2. The molecule has 104 valence electrons. The van der Waals surface area contributed by atoms with Crippen molar-refractivity contribution in [3.8, 4) is 5.75 Å². The van der Waals surface area contributed by atoms with Crippen molar-refractivity contribution in [3.05, 3.63) is 27.7 Å². The fraction of sp³-hybridized carbons (Fsp3) is 0.462. The molecule has 1 atom stereocenters. The molecule has 6 heteroatoms. The number of rotatable bonds is 3. The Morgan fingerprint density at radius 1 is 1.42 bits per heavy atom. The average Bonchev–Trinajstić information content (AvgIpc) is 2.93. The topological polar surface area (TPSA) is 41.6 Å². The lowest BCUT2D eigenvalue weighted by Gasteiger charge is -2.24. The van der Waals surface area contributed by atoms with E-state index in [2.05, 4.69) is 5.32 Å². The number of ether oxygens (including phenoxy) is 1. The van der Waals surface area contributed by atoms with E-state index in [0.717, 1.165) is 19.5 Å². The Morgan fingerprint density at radius 2 is 2.11 bits per heavy atom. The van der Waals surface area contributed by atoms with Crippen LogP contribution in [0.2, 0.25) is 10.0 Å². The highest BCUT2D eigenvalue weighted by atomic mass is 35.5. The molecule has 1 aromatic carbocycles. The maximum Gasteiger partial charge on any atom is 0.257 e. The second kappa shape index (κ2) is 5.99. The number of likely N-dealkylation sites (N-methyl/N-ethyl adjacent to an activating group) is 1. The molecule has 1 aromatic rings. The van der Waals surface area contributed by atoms with Crippen LogP contribution in [0.5, 0.6) is 5.75 Å². The summed E-state index contributed by atoms with van der Waals surface area (Å²) >= 11 is 11.9. The zero-order valence-electron chi connectivity index (χ0n) is 10.9. The molecule has 1 N–H and O–H groups in total. The van der Waals surface area contributed by atoms with Crippen molar-refractivity contribution in [2.24, 2.45) is 0 Å². The first-order valence-corrected chi connectivity index (χ1v) is 6.81. The van der Waals surface area contributed by atoms with Gasteiger partial charge >= 0.3 is 0 Å². The lowest BCUT2D eigenvalue weighted by atomic mass is 10.1. The third-order valence-corrected chi connectivity index (χ3v) is 4.10. The SMILES string of the molecule is COc1cc(Cl)c(Cl)cc1C(=O)N(C)C1CCNC1. The van der Waals surface area contributed by atoms with Gasteiger partial charge in [0.15, 0.2) is 0 Å². The molecule has 1 aliphatic heterocycles. The quantitative estimate of drug-likeness (QED) is 0.932. The number of methoxy groups -OCH3 is 1. The van der Waals surface area contributed by atoms with E-state index in [1.807, 2.05) is 0 Å². The van der Waals surface area contributed by atoms with Crippen molar-refractivity contribution in [2.45, 2.75) is 12.5 Å². The molecule has 1 saturated heterocycles. The van der Waals surface area contributed by atoms with E-state index in [4.69, 9.17) is 27.9 Å². The van der Waals surface area contributed by atoms with Crippen molar-refractivity contribution in [2.75, 3.05) is 27.2 Å². The van der Waals surface area contributed by atoms with Crippen LogP contribution in [-0.2, 0) is 0 Å². The summed E-state index contributed by atoms with van der Waals surface area (Å²) in [4.78, 5) is 14.2. The fourth-order valence-electron chi connectivity index (χ4n) is 2.19. The summed E-state index contributed by atoms with van der Waals surface area (Å²) in [5.74, 6) is 0.335. The van der Waals surface area contributed by atoms with E-state index >= 15 is 0 Å². The van der Waals surface area contributed by atoms with Crippen LogP contribution in [-0.4, -0.2) is 44.1 Å². The van der Waals surface area contributed by atoms with Crippen LogP contribution < -0.4 is 10.1 Å². The molecule has 0 aromatic heterocycles. The largest absolute Gasteiger partial charge is 0.496 e. The maximum atomic E-state index is 12.5. The zero-order valence-corrected chi connectivity index (χ0v) is 12.4. The van der Waals surface area contributed by atoms with Crippen LogP contribution in [0.3, 0.4) is 0 Å². The normalized spacial score (nSPS) is 18.4. The summed E-state index contributed by atoms with van der Waals surface area (Å²) < 4.78 is 5.21. The molecule has 2 rings (SSSR count). The predicted molar refractivity (Wildman–Crippen MR) is 76.4 cm³/mol. The summed E-state index contributed by atoms with van der Waals surface area (Å²) in [7, 11) is 3.30. The van der Waals surface area contributed by atoms with Crippen LogP contribution in [0, 0.1) is 0 Å². The Hall–Kier alpha value is -0.970. The van der Waals surface area contributed by atoms with Gasteiger partial charge in [0.25, 0.3) is 5.91 Å². The van der Waals surface area contributed by atoms with Gasteiger partial charge in [0.05, 0.1) is 22.7 Å². The Kier molecular flexibility index (Phi) is 4.55. The number of benzene rings is 1. The van der Waals surface area contributed by atoms with Crippen molar-refractivity contribution < 1.29 is 9.53 Å². The molecule has 1 aliphatic rings. The summed E-state index contributed by atoms with van der Waals surface area (Å²) in [5, 5.41) is 3.96. The molecule has 0 bridgehead atoms. The number of nitrogens with one attached hydrogen (secondary N) is 1. The molecule has 1 fully saturated rings. The second-order valence-electron chi connectivity index (χ2n) is 4.53. The van der Waals surface area contributed by atoms with E-state index in [9.17, 15) is 4.79 Å². The zero-order chi connectivity index (χ0) is 14.0. The van der Waals surface area contributed by atoms with Gasteiger partial charge in [0, 0.05) is 25.7 Å². The molecule has 0 saturated carbocycles. The monoisotopic (exact) mass is 302 g/mol. The highest BCUT2D eigenvalue weighted by Gasteiger charge is 2.26. The minimum absolute atomic E-state index is 0.107. The standard InChI is InChI=1S/C13H16Cl2N2O2/c1-17(8-3-4-16-7-8)13(18)9-5-10(14)11(15)6-12(9)19-2/h5-6,8,16H,3-4,7H2,1-2H3. The van der Waals surface area contributed by atoms with E-state index in [1.165, 1.54) is 7.11 Å². The summed E-state index contributed by atoms with van der Waals surface area (Å²) in [6, 6.07) is 3.33. The lowest BCUT2D eigenvalue weighted by Crippen LogP contribution is -2.38. The van der Waals surface area contributed by atoms with Gasteiger partial charge in [-0.05, 0) is 19.0 Å². The van der Waals surface area contributed by atoms with Crippen LogP contribution in [0.4, 0.5) is 0 Å². The third kappa shape index (κ3) is 2.96. The number of hydrogen-bond donors (Lipinski definition) is 1. The Labute approximate surface area is 122 Å². The van der Waals surface area contributed by atoms with Crippen molar-refractivity contribution in [1.82, 2.24) is 10.2 Å². The van der Waals surface area contributed by atoms with E-state index in [1.54, 1.807) is 24.1 Å². The molecular formula is C13H16Cl2N2O2. The van der Waals surface area contributed by atoms with Gasteiger partial charge in [-0.15, -0.1) is 0 Å². The number of carbonyl (C=O) groups is 1. The van der Waals surface area contributed by atoms with Crippen LogP contribution >= 0.6 is 23.2 Å². The van der Waals surface area contributed by atoms with E-state index in [0.29, 0.717) is 21.4 Å². The first-order valence-electron chi connectivity index (χ1n) is 6.05. The van der Waals surface area contributed by atoms with E-state index in [-0.39, 0.29) is 11.9 Å². The Bertz CT molecular complexity index is 488. The van der Waals surface area contributed by atoms with Gasteiger partial charge in [0.1, 0.15) is 5.75 Å². The van der Waals surface area contributed by atoms with Crippen molar-refractivity contribution >= 4 is 29.1 Å². The molecule has 0 radical (unpaired) electrons. The first kappa shape index (κ1) is 14.4. The highest BCUT2D eigenvalue weighted by Crippen LogP contribution is 2.31. The van der Waals surface area contributed by atoms with Gasteiger partial charge in [0.2, 0.25) is 0 Å². The maximum absolute atomic E-state index is 12.5. The van der Waals surface area contributed by atoms with Crippen molar-refractivity contribution in [1.29, 1.82) is 0 Å². The fourth-order valence-corrected chi connectivity index (χ4v) is 2.51. The second-order valence-corrected chi connectivity index (χ2v) is 5.34. The van der Waals surface area contributed by atoms with Gasteiger partial charge in [-0.25, -0.2) is 0 Å². The van der Waals surface area contributed by atoms with Gasteiger partial charge in [-0.2, -0.15) is 0 Å². The van der Waals surface area contributed by atoms with E-state index < -0.39 is 0 Å². The molecule has 1 unspecified atom stereocenters. The minimum atomic E-state index is -0.107. The Balaban J connectivity index is 2.29. The van der Waals surface area contributed by atoms with Crippen LogP contribution in [0.25, 0.3) is 0 Å². The summed E-state index contributed by atoms with van der Waals surface area (Å²) in [6.07, 6.45) is 0.950. The number of amides is 1. The lowest BCUT2D eigenvalue weighted by molar-refractivity contribution is 0.0740. The average molecular weight is 303 g/mol. The minimum Gasteiger partial charge on any atom is -0.496 e. The molecule has 1 heterocycles. The molecule has 19 heavy (non-hydrogen) atoms. The molecule has 4 nitrogen and oxygen atoms in total. The van der Waals surface area contributed by atoms with Crippen molar-refractivity contribution in [3.63, 3.8) is 0 Å². The third-order valence-electron chi connectivity index (χ3n) is 3.38. The van der Waals surface area contributed by atoms with Gasteiger partial charge in [-0.1, -0.05) is 23.2 Å². The summed E-state index contributed by atoms with van der Waals surface area (Å²) in [6.45, 7) is 1.74. The summed E-state index contributed by atoms with van der Waals surface area (Å²) in [5.41, 5.74) is 0.436. The van der Waals surface area contributed by atoms with Gasteiger partial charge < -0.3 is 15.0 Å². The smallest absolute Gasteiger partial charge is 0.257 e. The molecule has 1 amide bonds. The first-order chi connectivity index (χ1) is 9.04. The van der Waals surface area contributed by atoms with Crippen LogP contribution in [0.15, 0.2) is 12.1 Å². The number of hydrogen-bond acceptors (Lipinski definition) is 3. The Morgan fingerprint density at radius 3 is 2.68 bits per heavy atom.